The second-order valence-electron chi connectivity index (χ2n) is 2.81. The monoisotopic (exact) mass is 178 g/mol. The van der Waals surface area contributed by atoms with Gasteiger partial charge in [0.1, 0.15) is 0 Å². The van der Waals surface area contributed by atoms with Crippen LogP contribution in [-0.4, -0.2) is 4.98 Å². The van der Waals surface area contributed by atoms with Crippen molar-refractivity contribution in [2.75, 3.05) is 0 Å². The third-order valence-electron chi connectivity index (χ3n) is 1.80. The molecule has 0 aliphatic rings. The van der Waals surface area contributed by atoms with Crippen LogP contribution in [0.25, 0.3) is 10.9 Å². The van der Waals surface area contributed by atoms with Crippen molar-refractivity contribution in [3.63, 3.8) is 0 Å². The smallest absolute Gasteiger partial charge is 0.226 e. The third kappa shape index (κ3) is 1.28. The van der Waals surface area contributed by atoms with Gasteiger partial charge in [0.15, 0.2) is 11.6 Å². The van der Waals surface area contributed by atoms with Crippen LogP contribution in [0.5, 0.6) is 0 Å². The van der Waals surface area contributed by atoms with E-state index in [-0.39, 0.29) is 0 Å². The first kappa shape index (κ1) is 7.56. The van der Waals surface area contributed by atoms with E-state index in [0.717, 1.165) is 21.6 Å². The van der Waals surface area contributed by atoms with E-state index >= 15 is 0 Å². The first-order valence-corrected chi connectivity index (χ1v) is 4.21. The highest BCUT2D eigenvalue weighted by molar-refractivity contribution is 5.79. The molecule has 2 rings (SSSR count). The van der Waals surface area contributed by atoms with Crippen LogP contribution in [0.15, 0.2) is 30.3 Å². The summed E-state index contributed by atoms with van der Waals surface area (Å²) < 4.78 is 0. The minimum Gasteiger partial charge on any atom is -0.253 e. The molecule has 0 amide bonds. The Bertz CT molecular complexity index is 382. The molecule has 0 fully saturated rings. The second kappa shape index (κ2) is 2.76. The predicted octanol–water partition coefficient (Wildman–Crippen LogP) is 2.24. The van der Waals surface area contributed by atoms with Crippen LogP contribution in [0.1, 0.15) is 5.69 Å². The van der Waals surface area contributed by atoms with Gasteiger partial charge in [-0.25, -0.2) is 0 Å². The van der Waals surface area contributed by atoms with Crippen LogP contribution < -0.4 is 0 Å². The molecule has 0 atom stereocenters. The molecule has 0 unspecified atom stereocenters. The van der Waals surface area contributed by atoms with Crippen molar-refractivity contribution in [2.45, 2.75) is 6.92 Å². The van der Waals surface area contributed by atoms with Crippen LogP contribution in [-0.2, 0) is 0 Å². The van der Waals surface area contributed by atoms with Crippen molar-refractivity contribution < 1.29 is 11.6 Å². The van der Waals surface area contributed by atoms with Gasteiger partial charge in [0.05, 0.1) is 5.52 Å². The zero-order chi connectivity index (χ0) is 8.55. The molecule has 0 bridgehead atoms. The van der Waals surface area contributed by atoms with Gasteiger partial charge in [0.25, 0.3) is 0 Å². The summed E-state index contributed by atoms with van der Waals surface area (Å²) in [5.74, 6) is 0. The molecular formula is C10H9ClN+. The molecule has 1 aromatic heterocycles. The minimum absolute atomic E-state index is 0.869. The molecule has 1 heterocycles. The normalized spacial score (nSPS) is 10.5. The summed E-state index contributed by atoms with van der Waals surface area (Å²) in [5, 5.41) is 1.99. The first-order chi connectivity index (χ1) is 5.75. The fraction of sp³-hybridized carbons (Fsp3) is 0.100. The molecule has 0 N–H and O–H groups in total. The molecule has 1 aromatic carbocycles. The Kier molecular flexibility index (Phi) is 1.74. The number of aryl methyl sites for hydroxylation is 1. The number of halogens is 1. The lowest BCUT2D eigenvalue weighted by molar-refractivity contribution is -0.288. The zero-order valence-electron chi connectivity index (χ0n) is 6.74. The van der Waals surface area contributed by atoms with E-state index in [1.165, 1.54) is 0 Å². The number of pyridine rings is 1. The van der Waals surface area contributed by atoms with Gasteiger partial charge >= 0.3 is 0 Å². The van der Waals surface area contributed by atoms with Crippen molar-refractivity contribution in [1.82, 2.24) is 4.98 Å². The van der Waals surface area contributed by atoms with Crippen molar-refractivity contribution in [3.8, 4) is 0 Å². The fourth-order valence-electron chi connectivity index (χ4n) is 1.21. The van der Waals surface area contributed by atoms with E-state index in [1.54, 1.807) is 0 Å². The topological polar surface area (TPSA) is 12.9 Å². The van der Waals surface area contributed by atoms with Gasteiger partial charge in [-0.2, -0.15) is 0 Å². The van der Waals surface area contributed by atoms with Crippen LogP contribution in [0.3, 0.4) is 0 Å². The highest BCUT2D eigenvalue weighted by atomic mass is 35.5. The summed E-state index contributed by atoms with van der Waals surface area (Å²) in [5.41, 5.74) is 2.06. The molecule has 0 aliphatic carbocycles. The number of fused-ring (bicyclic) bond motifs is 1. The Morgan fingerprint density at radius 3 is 2.83 bits per heavy atom. The number of aromatic nitrogens is 1. The van der Waals surface area contributed by atoms with E-state index in [4.69, 9.17) is 11.6 Å². The molecule has 2 aromatic rings. The molecular weight excluding hydrogens is 170 g/mol. The fourth-order valence-corrected chi connectivity index (χ4v) is 1.40. The van der Waals surface area contributed by atoms with Gasteiger partial charge in [-0.15, -0.1) is 0 Å². The maximum absolute atomic E-state index is 5.04. The predicted molar refractivity (Wildman–Crippen MR) is 47.0 cm³/mol. The number of rotatable bonds is 0. The summed E-state index contributed by atoms with van der Waals surface area (Å²) >= 11 is 5.04. The summed E-state index contributed by atoms with van der Waals surface area (Å²) in [6, 6.07) is 9.89. The largest absolute Gasteiger partial charge is 0.253 e. The van der Waals surface area contributed by atoms with Gasteiger partial charge in [0, 0.05) is 23.2 Å². The van der Waals surface area contributed by atoms with Crippen LogP contribution in [0.4, 0.5) is 0 Å². The summed E-state index contributed by atoms with van der Waals surface area (Å²) in [6.45, 7) is 1.99. The van der Waals surface area contributed by atoms with Gasteiger partial charge in [0.2, 0.25) is 5.02 Å². The lowest BCUT2D eigenvalue weighted by Gasteiger charge is -1.95. The highest BCUT2D eigenvalue weighted by Gasteiger charge is 1.99. The van der Waals surface area contributed by atoms with Gasteiger partial charge in [-0.3, -0.25) is 4.98 Å². The van der Waals surface area contributed by atoms with E-state index in [9.17, 15) is 0 Å². The molecule has 60 valence electrons. The summed E-state index contributed by atoms with van der Waals surface area (Å²) in [4.78, 5) is 4.37. The van der Waals surface area contributed by atoms with Crippen molar-refractivity contribution in [1.29, 1.82) is 0 Å². The zero-order valence-corrected chi connectivity index (χ0v) is 7.56. The summed E-state index contributed by atoms with van der Waals surface area (Å²) in [6.07, 6.45) is 0. The average Bonchev–Trinajstić information content (AvgIpc) is 2.05. The number of hydrogen-bond acceptors (Lipinski definition) is 1. The molecule has 0 saturated carbocycles. The molecule has 0 spiro atoms. The van der Waals surface area contributed by atoms with Crippen LogP contribution >= 0.6 is 0 Å². The maximum atomic E-state index is 5.04. The Labute approximate surface area is 76.0 Å². The first-order valence-electron chi connectivity index (χ1n) is 3.80. The Balaban J connectivity index is 2.79. The molecule has 1 nitrogen and oxygen atoms in total. The van der Waals surface area contributed by atoms with Gasteiger partial charge < -0.3 is 0 Å². The Hall–Kier alpha value is -1.08. The average molecular weight is 179 g/mol. The second-order valence-corrected chi connectivity index (χ2v) is 3.28. The van der Waals surface area contributed by atoms with Crippen molar-refractivity contribution >= 4 is 10.9 Å². The van der Waals surface area contributed by atoms with E-state index in [1.807, 2.05) is 37.3 Å². The SMILES string of the molecule is Cc1ccc2cc([ClH+])ccc2n1. The number of benzene rings is 1. The van der Waals surface area contributed by atoms with Gasteiger partial charge in [-0.05, 0) is 19.1 Å². The van der Waals surface area contributed by atoms with E-state index in [0.29, 0.717) is 0 Å². The molecule has 0 aliphatic heterocycles. The standard InChI is InChI=1S/C10H9ClN/c1-7-2-3-8-6-9(11)4-5-10(8)12-7/h2-6,11H,1H3/q+1. The van der Waals surface area contributed by atoms with Gasteiger partial charge in [-0.1, -0.05) is 6.07 Å². The maximum Gasteiger partial charge on any atom is 0.226 e. The van der Waals surface area contributed by atoms with Crippen molar-refractivity contribution in [2.24, 2.45) is 0 Å². The lowest BCUT2D eigenvalue weighted by Crippen LogP contribution is -1.82. The highest BCUT2D eigenvalue weighted by Crippen LogP contribution is 2.14. The van der Waals surface area contributed by atoms with E-state index < -0.39 is 0 Å². The van der Waals surface area contributed by atoms with Crippen LogP contribution in [0.2, 0.25) is 5.02 Å². The lowest BCUT2D eigenvalue weighted by atomic mass is 10.2. The quantitative estimate of drug-likeness (QED) is 0.603. The molecule has 12 heavy (non-hydrogen) atoms. The third-order valence-corrected chi connectivity index (χ3v) is 2.05. The molecule has 0 saturated heterocycles. The summed E-state index contributed by atoms with van der Waals surface area (Å²) in [7, 11) is 0. The number of nitrogens with zero attached hydrogens (tertiary/aromatic N) is 1. The Morgan fingerprint density at radius 2 is 2.00 bits per heavy atom. The number of hydrogen-bond donors (Lipinski definition) is 0. The van der Waals surface area contributed by atoms with Crippen molar-refractivity contribution in [3.05, 3.63) is 41.0 Å². The Morgan fingerprint density at radius 1 is 1.17 bits per heavy atom. The minimum atomic E-state index is 0.869. The van der Waals surface area contributed by atoms with Crippen LogP contribution in [0, 0.1) is 18.5 Å². The molecule has 0 radical (unpaired) electrons. The molecule has 2 heteroatoms. The van der Waals surface area contributed by atoms with E-state index in [2.05, 4.69) is 4.98 Å².